The van der Waals surface area contributed by atoms with Gasteiger partial charge in [0.25, 0.3) is 0 Å². The SMILES string of the molecule is COc1cccc2c1C[C@H](N)CO2.Cl. The highest BCUT2D eigenvalue weighted by Crippen LogP contribution is 2.31. The third-order valence-corrected chi connectivity index (χ3v) is 2.23. The number of methoxy groups -OCH3 is 1. The zero-order chi connectivity index (χ0) is 9.26. The summed E-state index contributed by atoms with van der Waals surface area (Å²) in [6.07, 6.45) is 0.833. The van der Waals surface area contributed by atoms with E-state index in [9.17, 15) is 0 Å². The molecular weight excluding hydrogens is 202 g/mol. The van der Waals surface area contributed by atoms with E-state index in [1.165, 1.54) is 0 Å². The van der Waals surface area contributed by atoms with Crippen molar-refractivity contribution in [3.05, 3.63) is 23.8 Å². The molecule has 2 N–H and O–H groups in total. The molecule has 0 radical (unpaired) electrons. The predicted octanol–water partition coefficient (Wildman–Crippen LogP) is 1.38. The van der Waals surface area contributed by atoms with Crippen molar-refractivity contribution >= 4 is 12.4 Å². The lowest BCUT2D eigenvalue weighted by Crippen LogP contribution is -2.33. The molecule has 1 aromatic rings. The smallest absolute Gasteiger partial charge is 0.126 e. The fraction of sp³-hybridized carbons (Fsp3) is 0.400. The minimum absolute atomic E-state index is 0. The first-order valence-electron chi connectivity index (χ1n) is 4.35. The van der Waals surface area contributed by atoms with Gasteiger partial charge in [-0.25, -0.2) is 0 Å². The number of hydrogen-bond donors (Lipinski definition) is 1. The standard InChI is InChI=1S/C10H13NO2.ClH/c1-12-9-3-2-4-10-8(9)5-7(11)6-13-10;/h2-4,7H,5-6,11H2,1H3;1H/t7-;/m0./s1. The van der Waals surface area contributed by atoms with E-state index in [2.05, 4.69) is 0 Å². The summed E-state index contributed by atoms with van der Waals surface area (Å²) in [7, 11) is 1.66. The molecule has 1 aliphatic heterocycles. The van der Waals surface area contributed by atoms with E-state index >= 15 is 0 Å². The fourth-order valence-electron chi connectivity index (χ4n) is 1.59. The molecule has 0 unspecified atom stereocenters. The Labute approximate surface area is 89.6 Å². The molecule has 4 heteroatoms. The third-order valence-electron chi connectivity index (χ3n) is 2.23. The van der Waals surface area contributed by atoms with Crippen molar-refractivity contribution in [3.63, 3.8) is 0 Å². The second-order valence-corrected chi connectivity index (χ2v) is 3.21. The first-order valence-corrected chi connectivity index (χ1v) is 4.35. The number of nitrogens with two attached hydrogens (primary N) is 1. The summed E-state index contributed by atoms with van der Waals surface area (Å²) in [6, 6.07) is 5.89. The topological polar surface area (TPSA) is 44.5 Å². The molecule has 14 heavy (non-hydrogen) atoms. The van der Waals surface area contributed by atoms with Crippen molar-refractivity contribution in [1.29, 1.82) is 0 Å². The fourth-order valence-corrected chi connectivity index (χ4v) is 1.59. The highest BCUT2D eigenvalue weighted by molar-refractivity contribution is 5.85. The van der Waals surface area contributed by atoms with Crippen LogP contribution in [-0.2, 0) is 6.42 Å². The molecule has 1 aromatic carbocycles. The van der Waals surface area contributed by atoms with Gasteiger partial charge in [-0.1, -0.05) is 6.07 Å². The van der Waals surface area contributed by atoms with E-state index in [1.54, 1.807) is 7.11 Å². The Morgan fingerprint density at radius 3 is 3.00 bits per heavy atom. The largest absolute Gasteiger partial charge is 0.496 e. The lowest BCUT2D eigenvalue weighted by Gasteiger charge is -2.23. The van der Waals surface area contributed by atoms with Gasteiger partial charge in [0.15, 0.2) is 0 Å². The van der Waals surface area contributed by atoms with Gasteiger partial charge < -0.3 is 15.2 Å². The summed E-state index contributed by atoms with van der Waals surface area (Å²) in [6.45, 7) is 0.597. The Balaban J connectivity index is 0.000000980. The number of halogens is 1. The van der Waals surface area contributed by atoms with E-state index in [0.29, 0.717) is 6.61 Å². The molecule has 1 aliphatic rings. The lowest BCUT2D eigenvalue weighted by atomic mass is 10.0. The van der Waals surface area contributed by atoms with Gasteiger partial charge >= 0.3 is 0 Å². The quantitative estimate of drug-likeness (QED) is 0.770. The number of ether oxygens (including phenoxy) is 2. The van der Waals surface area contributed by atoms with Crippen LogP contribution < -0.4 is 15.2 Å². The average molecular weight is 216 g/mol. The molecule has 0 saturated heterocycles. The minimum Gasteiger partial charge on any atom is -0.496 e. The number of hydrogen-bond acceptors (Lipinski definition) is 3. The molecular formula is C10H14ClNO2. The molecule has 0 fully saturated rings. The highest BCUT2D eigenvalue weighted by atomic mass is 35.5. The Morgan fingerprint density at radius 2 is 2.29 bits per heavy atom. The summed E-state index contributed by atoms with van der Waals surface area (Å²) < 4.78 is 10.7. The lowest BCUT2D eigenvalue weighted by molar-refractivity contribution is 0.258. The van der Waals surface area contributed by atoms with Crippen LogP contribution in [0.2, 0.25) is 0 Å². The summed E-state index contributed by atoms with van der Waals surface area (Å²) in [5.41, 5.74) is 6.88. The van der Waals surface area contributed by atoms with Crippen molar-refractivity contribution in [2.75, 3.05) is 13.7 Å². The molecule has 0 aliphatic carbocycles. The maximum atomic E-state index is 5.79. The van der Waals surface area contributed by atoms with E-state index in [-0.39, 0.29) is 18.4 Å². The number of rotatable bonds is 1. The van der Waals surface area contributed by atoms with Crippen LogP contribution in [0, 0.1) is 0 Å². The highest BCUT2D eigenvalue weighted by Gasteiger charge is 2.19. The van der Waals surface area contributed by atoms with Crippen LogP contribution in [0.5, 0.6) is 11.5 Å². The molecule has 0 amide bonds. The molecule has 1 atom stereocenters. The third kappa shape index (κ3) is 1.94. The van der Waals surface area contributed by atoms with Crippen molar-refractivity contribution in [2.45, 2.75) is 12.5 Å². The van der Waals surface area contributed by atoms with Crippen LogP contribution in [0.3, 0.4) is 0 Å². The second kappa shape index (κ2) is 4.53. The summed E-state index contributed by atoms with van der Waals surface area (Å²) in [5.74, 6) is 1.77. The number of benzene rings is 1. The van der Waals surface area contributed by atoms with Crippen molar-refractivity contribution in [2.24, 2.45) is 5.73 Å². The van der Waals surface area contributed by atoms with Gasteiger partial charge in [-0.05, 0) is 18.6 Å². The van der Waals surface area contributed by atoms with Gasteiger partial charge in [0.1, 0.15) is 18.1 Å². The summed E-state index contributed by atoms with van der Waals surface area (Å²) in [4.78, 5) is 0. The normalized spacial score (nSPS) is 18.9. The molecule has 3 nitrogen and oxygen atoms in total. The van der Waals surface area contributed by atoms with Gasteiger partial charge in [0.2, 0.25) is 0 Å². The zero-order valence-corrected chi connectivity index (χ0v) is 8.84. The van der Waals surface area contributed by atoms with Crippen LogP contribution in [0.1, 0.15) is 5.56 Å². The summed E-state index contributed by atoms with van der Waals surface area (Å²) in [5, 5.41) is 0. The van der Waals surface area contributed by atoms with E-state index in [0.717, 1.165) is 23.5 Å². The summed E-state index contributed by atoms with van der Waals surface area (Å²) >= 11 is 0. The molecule has 2 rings (SSSR count). The Kier molecular flexibility index (Phi) is 3.61. The molecule has 0 aromatic heterocycles. The van der Waals surface area contributed by atoms with Gasteiger partial charge in [-0.2, -0.15) is 0 Å². The van der Waals surface area contributed by atoms with E-state index in [1.807, 2.05) is 18.2 Å². The van der Waals surface area contributed by atoms with E-state index < -0.39 is 0 Å². The Hall–Kier alpha value is -0.930. The van der Waals surface area contributed by atoms with Crippen LogP contribution in [0.25, 0.3) is 0 Å². The maximum Gasteiger partial charge on any atom is 0.126 e. The van der Waals surface area contributed by atoms with E-state index in [4.69, 9.17) is 15.2 Å². The average Bonchev–Trinajstić information content (AvgIpc) is 2.17. The van der Waals surface area contributed by atoms with Gasteiger partial charge in [0.05, 0.1) is 7.11 Å². The second-order valence-electron chi connectivity index (χ2n) is 3.21. The van der Waals surface area contributed by atoms with Gasteiger partial charge in [-0.15, -0.1) is 12.4 Å². The first-order chi connectivity index (χ1) is 6.31. The Morgan fingerprint density at radius 1 is 1.50 bits per heavy atom. The van der Waals surface area contributed by atoms with Crippen LogP contribution in [0.15, 0.2) is 18.2 Å². The molecule has 1 heterocycles. The van der Waals surface area contributed by atoms with Crippen LogP contribution >= 0.6 is 12.4 Å². The van der Waals surface area contributed by atoms with Gasteiger partial charge in [0, 0.05) is 11.6 Å². The van der Waals surface area contributed by atoms with Crippen LogP contribution in [-0.4, -0.2) is 19.8 Å². The van der Waals surface area contributed by atoms with Crippen LogP contribution in [0.4, 0.5) is 0 Å². The first kappa shape index (κ1) is 11.1. The van der Waals surface area contributed by atoms with Crippen molar-refractivity contribution in [1.82, 2.24) is 0 Å². The number of fused-ring (bicyclic) bond motifs is 1. The maximum absolute atomic E-state index is 5.79. The minimum atomic E-state index is 0. The Bertz CT molecular complexity index is 303. The van der Waals surface area contributed by atoms with Gasteiger partial charge in [-0.3, -0.25) is 0 Å². The molecule has 0 saturated carbocycles. The van der Waals surface area contributed by atoms with Crippen molar-refractivity contribution in [3.8, 4) is 11.5 Å². The predicted molar refractivity (Wildman–Crippen MR) is 57.4 cm³/mol. The molecule has 0 bridgehead atoms. The molecule has 0 spiro atoms. The molecule has 78 valence electrons. The zero-order valence-electron chi connectivity index (χ0n) is 8.03. The van der Waals surface area contributed by atoms with Crippen molar-refractivity contribution < 1.29 is 9.47 Å². The monoisotopic (exact) mass is 215 g/mol.